The molecule has 0 amide bonds. The van der Waals surface area contributed by atoms with E-state index in [9.17, 15) is 26.4 Å². The van der Waals surface area contributed by atoms with E-state index >= 15 is 0 Å². The topological polar surface area (TPSA) is 89.7 Å². The van der Waals surface area contributed by atoms with Crippen molar-refractivity contribution in [1.82, 2.24) is 4.31 Å². The van der Waals surface area contributed by atoms with Crippen molar-refractivity contribution in [3.8, 4) is 0 Å². The minimum absolute atomic E-state index is 0.0441. The fraction of sp³-hybridized carbons (Fsp3) is 0.500. The predicted octanol–water partition coefficient (Wildman–Crippen LogP) is 1.60. The molecule has 0 unspecified atom stereocenters. The van der Waals surface area contributed by atoms with E-state index in [-0.39, 0.29) is 19.1 Å². The standard InChI is InChI=1S/C14H17F3N2O4S/c1-23-13(20)11-5-4-10(7-12(11)14(15,16)17)24(21,22)19-6-2-3-9(18)8-19/h4-5,7,9H,2-3,6,8,18H2,1H3/t9-/m1/s1. The van der Waals surface area contributed by atoms with Crippen molar-refractivity contribution in [2.75, 3.05) is 20.2 Å². The van der Waals surface area contributed by atoms with E-state index in [1.807, 2.05) is 0 Å². The van der Waals surface area contributed by atoms with Gasteiger partial charge in [0.05, 0.1) is 23.1 Å². The lowest BCUT2D eigenvalue weighted by atomic mass is 10.1. The number of methoxy groups -OCH3 is 1. The molecule has 1 saturated heterocycles. The van der Waals surface area contributed by atoms with Gasteiger partial charge in [-0.15, -0.1) is 0 Å². The third-order valence-electron chi connectivity index (χ3n) is 3.76. The van der Waals surface area contributed by atoms with Gasteiger partial charge in [-0.05, 0) is 31.0 Å². The van der Waals surface area contributed by atoms with Crippen LogP contribution in [0.2, 0.25) is 0 Å². The fourth-order valence-electron chi connectivity index (χ4n) is 2.55. The van der Waals surface area contributed by atoms with Crippen LogP contribution in [0.3, 0.4) is 0 Å². The van der Waals surface area contributed by atoms with Crippen LogP contribution in [0.1, 0.15) is 28.8 Å². The Kier molecular flexibility index (Phi) is 5.21. The van der Waals surface area contributed by atoms with E-state index in [1.54, 1.807) is 0 Å². The van der Waals surface area contributed by atoms with Crippen molar-refractivity contribution in [2.45, 2.75) is 30.0 Å². The van der Waals surface area contributed by atoms with Crippen molar-refractivity contribution in [1.29, 1.82) is 0 Å². The first-order valence-electron chi connectivity index (χ1n) is 7.12. The van der Waals surface area contributed by atoms with E-state index < -0.39 is 38.2 Å². The Morgan fingerprint density at radius 3 is 2.58 bits per heavy atom. The fourth-order valence-corrected chi connectivity index (χ4v) is 4.11. The number of carbonyl (C=O) groups excluding carboxylic acids is 1. The summed E-state index contributed by atoms with van der Waals surface area (Å²) in [6.07, 6.45) is -3.71. The second-order valence-electron chi connectivity index (χ2n) is 5.46. The number of ether oxygens (including phenoxy) is 1. The number of esters is 1. The molecule has 1 aromatic rings. The highest BCUT2D eigenvalue weighted by Crippen LogP contribution is 2.34. The number of carbonyl (C=O) groups is 1. The zero-order chi connectivity index (χ0) is 18.1. The van der Waals surface area contributed by atoms with Crippen LogP contribution in [-0.2, 0) is 20.9 Å². The molecule has 24 heavy (non-hydrogen) atoms. The summed E-state index contributed by atoms with van der Waals surface area (Å²) in [7, 11) is -3.18. The van der Waals surface area contributed by atoms with Gasteiger partial charge in [0.15, 0.2) is 0 Å². The van der Waals surface area contributed by atoms with Gasteiger partial charge < -0.3 is 10.5 Å². The van der Waals surface area contributed by atoms with E-state index in [2.05, 4.69) is 4.74 Å². The van der Waals surface area contributed by atoms with Gasteiger partial charge >= 0.3 is 12.1 Å². The Morgan fingerprint density at radius 2 is 2.04 bits per heavy atom. The minimum atomic E-state index is -4.90. The molecule has 0 aromatic heterocycles. The number of piperidine rings is 1. The van der Waals surface area contributed by atoms with Crippen LogP contribution < -0.4 is 5.73 Å². The molecule has 0 aliphatic carbocycles. The smallest absolute Gasteiger partial charge is 0.417 e. The molecule has 1 fully saturated rings. The number of sulfonamides is 1. The van der Waals surface area contributed by atoms with Gasteiger partial charge in [0.25, 0.3) is 0 Å². The second-order valence-corrected chi connectivity index (χ2v) is 7.40. The maximum atomic E-state index is 13.2. The third-order valence-corrected chi connectivity index (χ3v) is 5.62. The molecule has 1 aliphatic heterocycles. The third kappa shape index (κ3) is 3.70. The number of halogens is 3. The predicted molar refractivity (Wildman–Crippen MR) is 78.8 cm³/mol. The number of rotatable bonds is 3. The maximum Gasteiger partial charge on any atom is 0.417 e. The van der Waals surface area contributed by atoms with Gasteiger partial charge in [0.1, 0.15) is 0 Å². The molecule has 1 atom stereocenters. The van der Waals surface area contributed by atoms with E-state index in [0.717, 1.165) is 23.5 Å². The number of hydrogen-bond acceptors (Lipinski definition) is 5. The first-order chi connectivity index (χ1) is 11.1. The zero-order valence-electron chi connectivity index (χ0n) is 12.8. The van der Waals surface area contributed by atoms with Gasteiger partial charge in [0, 0.05) is 19.1 Å². The van der Waals surface area contributed by atoms with E-state index in [4.69, 9.17) is 5.73 Å². The first kappa shape index (κ1) is 18.7. The highest BCUT2D eigenvalue weighted by atomic mass is 32.2. The Labute approximate surface area is 137 Å². The second kappa shape index (κ2) is 6.69. The summed E-state index contributed by atoms with van der Waals surface area (Å²) in [5.41, 5.74) is 3.65. The van der Waals surface area contributed by atoms with Gasteiger partial charge in [0.2, 0.25) is 10.0 Å². The van der Waals surface area contributed by atoms with Gasteiger partial charge in [-0.25, -0.2) is 13.2 Å². The van der Waals surface area contributed by atoms with Gasteiger partial charge in [-0.3, -0.25) is 0 Å². The first-order valence-corrected chi connectivity index (χ1v) is 8.56. The zero-order valence-corrected chi connectivity index (χ0v) is 13.7. The SMILES string of the molecule is COC(=O)c1ccc(S(=O)(=O)N2CCC[C@@H](N)C2)cc1C(F)(F)F. The molecule has 2 rings (SSSR count). The lowest BCUT2D eigenvalue weighted by Crippen LogP contribution is -2.45. The number of hydrogen-bond donors (Lipinski definition) is 1. The van der Waals surface area contributed by atoms with Crippen molar-refractivity contribution < 1.29 is 31.1 Å². The number of nitrogens with two attached hydrogens (primary N) is 1. The van der Waals surface area contributed by atoms with Crippen molar-refractivity contribution in [3.63, 3.8) is 0 Å². The van der Waals surface area contributed by atoms with Crippen LogP contribution in [-0.4, -0.2) is 44.9 Å². The lowest BCUT2D eigenvalue weighted by Gasteiger charge is -2.30. The van der Waals surface area contributed by atoms with E-state index in [1.165, 1.54) is 0 Å². The average Bonchev–Trinajstić information content (AvgIpc) is 2.52. The molecule has 1 heterocycles. The molecule has 1 aromatic carbocycles. The quantitative estimate of drug-likeness (QED) is 0.821. The Balaban J connectivity index is 2.49. The average molecular weight is 366 g/mol. The summed E-state index contributed by atoms with van der Waals surface area (Å²) in [6.45, 7) is 0.235. The Hall–Kier alpha value is -1.65. The number of alkyl halides is 3. The van der Waals surface area contributed by atoms with Crippen LogP contribution >= 0.6 is 0 Å². The largest absolute Gasteiger partial charge is 0.465 e. The normalized spacial score (nSPS) is 20.0. The molecule has 2 N–H and O–H groups in total. The molecule has 134 valence electrons. The minimum Gasteiger partial charge on any atom is -0.465 e. The summed E-state index contributed by atoms with van der Waals surface area (Å²) in [6, 6.07) is 1.88. The van der Waals surface area contributed by atoms with Crippen molar-refractivity contribution in [2.24, 2.45) is 5.73 Å². The van der Waals surface area contributed by atoms with Gasteiger partial charge in [-0.1, -0.05) is 0 Å². The van der Waals surface area contributed by atoms with Crippen LogP contribution in [0.4, 0.5) is 13.2 Å². The molecule has 0 spiro atoms. The molecule has 1 aliphatic rings. The van der Waals surface area contributed by atoms with Gasteiger partial charge in [-0.2, -0.15) is 17.5 Å². The van der Waals surface area contributed by atoms with Crippen LogP contribution in [0.5, 0.6) is 0 Å². The van der Waals surface area contributed by atoms with E-state index in [0.29, 0.717) is 18.9 Å². The highest BCUT2D eigenvalue weighted by molar-refractivity contribution is 7.89. The molecular weight excluding hydrogens is 349 g/mol. The number of nitrogens with zero attached hydrogens (tertiary/aromatic N) is 1. The highest BCUT2D eigenvalue weighted by Gasteiger charge is 2.38. The number of benzene rings is 1. The molecular formula is C14H17F3N2O4S. The molecule has 6 nitrogen and oxygen atoms in total. The monoisotopic (exact) mass is 366 g/mol. The summed E-state index contributed by atoms with van der Waals surface area (Å²) in [5, 5.41) is 0. The van der Waals surface area contributed by atoms with Crippen molar-refractivity contribution in [3.05, 3.63) is 29.3 Å². The summed E-state index contributed by atoms with van der Waals surface area (Å²) < 4.78 is 70.0. The summed E-state index contributed by atoms with van der Waals surface area (Å²) in [5.74, 6) is -1.19. The van der Waals surface area contributed by atoms with Crippen LogP contribution in [0.25, 0.3) is 0 Å². The molecule has 0 radical (unpaired) electrons. The Bertz CT molecular complexity index is 734. The summed E-state index contributed by atoms with van der Waals surface area (Å²) in [4.78, 5) is 11.0. The van der Waals surface area contributed by atoms with Crippen LogP contribution in [0.15, 0.2) is 23.1 Å². The molecule has 10 heteroatoms. The molecule has 0 bridgehead atoms. The maximum absolute atomic E-state index is 13.2. The molecule has 0 saturated carbocycles. The lowest BCUT2D eigenvalue weighted by molar-refractivity contribution is -0.138. The Morgan fingerprint density at radius 1 is 1.38 bits per heavy atom. The van der Waals surface area contributed by atoms with Crippen LogP contribution in [0, 0.1) is 0 Å². The van der Waals surface area contributed by atoms with Crippen molar-refractivity contribution >= 4 is 16.0 Å². The summed E-state index contributed by atoms with van der Waals surface area (Å²) >= 11 is 0.